The maximum Gasteiger partial charge on any atom is 0.0176 e. The van der Waals surface area contributed by atoms with Gasteiger partial charge in [-0.3, -0.25) is 0 Å². The lowest BCUT2D eigenvalue weighted by molar-refractivity contribution is 0.269. The van der Waals surface area contributed by atoms with Crippen molar-refractivity contribution in [2.45, 2.75) is 43.5 Å². The third-order valence-corrected chi connectivity index (χ3v) is 5.30. The molecule has 0 heterocycles. The van der Waals surface area contributed by atoms with Gasteiger partial charge in [-0.1, -0.05) is 42.1 Å². The van der Waals surface area contributed by atoms with Crippen molar-refractivity contribution < 1.29 is 0 Å². The summed E-state index contributed by atoms with van der Waals surface area (Å²) < 4.78 is 1.16. The van der Waals surface area contributed by atoms with E-state index in [1.807, 2.05) is 11.8 Å². The number of hydrogen-bond donors (Lipinski definition) is 1. The summed E-state index contributed by atoms with van der Waals surface area (Å²) in [5.74, 6) is 2.17. The van der Waals surface area contributed by atoms with Crippen LogP contribution in [-0.4, -0.2) is 18.3 Å². The van der Waals surface area contributed by atoms with Crippen LogP contribution in [0.5, 0.6) is 0 Å². The van der Waals surface area contributed by atoms with Gasteiger partial charge in [-0.15, -0.1) is 11.8 Å². The maximum atomic E-state index is 3.63. The van der Waals surface area contributed by atoms with Gasteiger partial charge in [0.1, 0.15) is 0 Å². The Morgan fingerprint density at radius 1 is 1.33 bits per heavy atom. The fourth-order valence-corrected chi connectivity index (χ4v) is 3.60. The zero-order valence-corrected chi connectivity index (χ0v) is 13.4. The molecule has 1 saturated carbocycles. The van der Waals surface area contributed by atoms with Gasteiger partial charge in [-0.05, 0) is 43.1 Å². The Morgan fingerprint density at radius 2 is 2.06 bits per heavy atom. The number of halogens is 1. The molecule has 1 aliphatic rings. The Hall–Kier alpha value is 0.01000. The minimum absolute atomic E-state index is 0.675. The Balaban J connectivity index is 1.78. The van der Waals surface area contributed by atoms with Crippen LogP contribution in [0.25, 0.3) is 0 Å². The molecule has 100 valence electrons. The summed E-state index contributed by atoms with van der Waals surface area (Å²) in [5.41, 5.74) is 0. The van der Waals surface area contributed by atoms with Crippen molar-refractivity contribution in [2.75, 3.05) is 12.3 Å². The van der Waals surface area contributed by atoms with E-state index in [0.717, 1.165) is 16.9 Å². The lowest BCUT2D eigenvalue weighted by atomic mass is 9.81. The van der Waals surface area contributed by atoms with Gasteiger partial charge < -0.3 is 5.32 Å². The topological polar surface area (TPSA) is 12.0 Å². The number of thioether (sulfide) groups is 1. The zero-order chi connectivity index (χ0) is 12.8. The summed E-state index contributed by atoms with van der Waals surface area (Å²) >= 11 is 5.45. The molecule has 1 aromatic carbocycles. The highest BCUT2D eigenvalue weighted by Gasteiger charge is 2.21. The van der Waals surface area contributed by atoms with Crippen molar-refractivity contribution >= 4 is 27.7 Å². The van der Waals surface area contributed by atoms with Crippen LogP contribution >= 0.6 is 27.7 Å². The van der Waals surface area contributed by atoms with Gasteiger partial charge in [-0.25, -0.2) is 0 Å². The second-order valence-electron chi connectivity index (χ2n) is 5.05. The van der Waals surface area contributed by atoms with Gasteiger partial charge in [-0.2, -0.15) is 0 Å². The first-order valence-corrected chi connectivity index (χ1v) is 8.67. The van der Waals surface area contributed by atoms with Crippen LogP contribution in [0.4, 0.5) is 0 Å². The van der Waals surface area contributed by atoms with Gasteiger partial charge in [0.25, 0.3) is 0 Å². The van der Waals surface area contributed by atoms with E-state index >= 15 is 0 Å². The average molecular weight is 328 g/mol. The van der Waals surface area contributed by atoms with Crippen molar-refractivity contribution in [3.63, 3.8) is 0 Å². The van der Waals surface area contributed by atoms with Gasteiger partial charge in [0.15, 0.2) is 0 Å². The minimum Gasteiger partial charge on any atom is -0.313 e. The summed E-state index contributed by atoms with van der Waals surface area (Å²) in [7, 11) is 0. The highest BCUT2D eigenvalue weighted by molar-refractivity contribution is 9.10. The number of rotatable bonds is 7. The SMILES string of the molecule is CCNC(CSc1ccc(Br)cc1)CC1CCC1. The zero-order valence-electron chi connectivity index (χ0n) is 11.0. The molecule has 0 aromatic heterocycles. The van der Waals surface area contributed by atoms with E-state index in [-0.39, 0.29) is 0 Å². The summed E-state index contributed by atoms with van der Waals surface area (Å²) in [4.78, 5) is 1.37. The molecule has 1 aromatic rings. The quantitative estimate of drug-likeness (QED) is 0.728. The van der Waals surface area contributed by atoms with Crippen LogP contribution in [0.1, 0.15) is 32.6 Å². The van der Waals surface area contributed by atoms with Gasteiger partial charge in [0, 0.05) is 21.2 Å². The van der Waals surface area contributed by atoms with E-state index in [1.54, 1.807) is 0 Å². The standard InChI is InChI=1S/C15H22BrNS/c1-2-17-14(10-12-4-3-5-12)11-18-15-8-6-13(16)7-9-15/h6-9,12,14,17H,2-5,10-11H2,1H3. The Labute approximate surface area is 123 Å². The molecule has 0 spiro atoms. The van der Waals surface area contributed by atoms with Crippen molar-refractivity contribution in [2.24, 2.45) is 5.92 Å². The molecule has 1 nitrogen and oxygen atoms in total. The predicted octanol–water partition coefficient (Wildman–Crippen LogP) is 4.71. The first-order valence-electron chi connectivity index (χ1n) is 6.89. The molecule has 0 saturated heterocycles. The summed E-state index contributed by atoms with van der Waals surface area (Å²) in [6, 6.07) is 9.31. The molecule has 2 rings (SSSR count). The highest BCUT2D eigenvalue weighted by atomic mass is 79.9. The third-order valence-electron chi connectivity index (χ3n) is 3.60. The first-order chi connectivity index (χ1) is 8.78. The largest absolute Gasteiger partial charge is 0.313 e. The van der Waals surface area contributed by atoms with E-state index in [4.69, 9.17) is 0 Å². The van der Waals surface area contributed by atoms with E-state index < -0.39 is 0 Å². The molecule has 3 heteroatoms. The van der Waals surface area contributed by atoms with Crippen molar-refractivity contribution in [1.82, 2.24) is 5.32 Å². The fraction of sp³-hybridized carbons (Fsp3) is 0.600. The summed E-state index contributed by atoms with van der Waals surface area (Å²) in [6.45, 7) is 3.29. The fourth-order valence-electron chi connectivity index (χ4n) is 2.36. The molecule has 1 atom stereocenters. The molecule has 0 amide bonds. The van der Waals surface area contributed by atoms with E-state index in [0.29, 0.717) is 6.04 Å². The Bertz CT molecular complexity index is 348. The van der Waals surface area contributed by atoms with Crippen LogP contribution in [0.15, 0.2) is 33.6 Å². The second-order valence-corrected chi connectivity index (χ2v) is 7.06. The van der Waals surface area contributed by atoms with Crippen molar-refractivity contribution in [1.29, 1.82) is 0 Å². The van der Waals surface area contributed by atoms with Crippen LogP contribution in [0.3, 0.4) is 0 Å². The highest BCUT2D eigenvalue weighted by Crippen LogP contribution is 2.32. The Kier molecular flexibility index (Phi) is 6.06. The van der Waals surface area contributed by atoms with E-state index in [9.17, 15) is 0 Å². The van der Waals surface area contributed by atoms with Gasteiger partial charge in [0.05, 0.1) is 0 Å². The first kappa shape index (κ1) is 14.4. The maximum absolute atomic E-state index is 3.63. The van der Waals surface area contributed by atoms with E-state index in [2.05, 4.69) is 52.4 Å². The molecule has 1 fully saturated rings. The van der Waals surface area contributed by atoms with Crippen LogP contribution in [0.2, 0.25) is 0 Å². The molecule has 18 heavy (non-hydrogen) atoms. The smallest absolute Gasteiger partial charge is 0.0176 e. The van der Waals surface area contributed by atoms with E-state index in [1.165, 1.54) is 36.3 Å². The molecular weight excluding hydrogens is 306 g/mol. The average Bonchev–Trinajstić information content (AvgIpc) is 2.32. The van der Waals surface area contributed by atoms with Gasteiger partial charge in [0.2, 0.25) is 0 Å². The van der Waals surface area contributed by atoms with Gasteiger partial charge >= 0.3 is 0 Å². The van der Waals surface area contributed by atoms with Crippen molar-refractivity contribution in [3.8, 4) is 0 Å². The molecule has 0 radical (unpaired) electrons. The molecule has 1 N–H and O–H groups in total. The second kappa shape index (κ2) is 7.56. The molecule has 0 bridgehead atoms. The molecule has 0 aliphatic heterocycles. The number of nitrogens with one attached hydrogen (secondary N) is 1. The molecule has 1 aliphatic carbocycles. The number of hydrogen-bond acceptors (Lipinski definition) is 2. The predicted molar refractivity (Wildman–Crippen MR) is 84.3 cm³/mol. The van der Waals surface area contributed by atoms with Crippen LogP contribution in [-0.2, 0) is 0 Å². The Morgan fingerprint density at radius 3 is 2.61 bits per heavy atom. The monoisotopic (exact) mass is 327 g/mol. The van der Waals surface area contributed by atoms with Crippen LogP contribution in [0, 0.1) is 5.92 Å². The molecule has 1 unspecified atom stereocenters. The third kappa shape index (κ3) is 4.60. The normalized spacial score (nSPS) is 17.4. The minimum atomic E-state index is 0.675. The summed E-state index contributed by atoms with van der Waals surface area (Å²) in [5, 5.41) is 3.63. The summed E-state index contributed by atoms with van der Waals surface area (Å²) in [6.07, 6.45) is 5.70. The molecular formula is C15H22BrNS. The lowest BCUT2D eigenvalue weighted by Gasteiger charge is -2.30. The lowest BCUT2D eigenvalue weighted by Crippen LogP contribution is -2.34. The van der Waals surface area contributed by atoms with Crippen molar-refractivity contribution in [3.05, 3.63) is 28.7 Å². The van der Waals surface area contributed by atoms with Crippen LogP contribution < -0.4 is 5.32 Å². The number of benzene rings is 1.